The second-order valence-corrected chi connectivity index (χ2v) is 8.19. The minimum atomic E-state index is -0.830. The van der Waals surface area contributed by atoms with Crippen LogP contribution in [0.4, 0.5) is 4.39 Å². The van der Waals surface area contributed by atoms with Crippen molar-refractivity contribution in [3.05, 3.63) is 65.2 Å². The minimum Gasteiger partial charge on any atom is -0.505 e. The number of methoxy groups -OCH3 is 1. The van der Waals surface area contributed by atoms with Crippen molar-refractivity contribution in [2.45, 2.75) is 24.7 Å². The van der Waals surface area contributed by atoms with Gasteiger partial charge in [-0.2, -0.15) is 0 Å². The van der Waals surface area contributed by atoms with E-state index in [-0.39, 0.29) is 28.8 Å². The van der Waals surface area contributed by atoms with Crippen molar-refractivity contribution in [1.82, 2.24) is 9.55 Å². The molecular formula is C24H21FN2O4. The normalized spacial score (nSPS) is 14.8. The fourth-order valence-electron chi connectivity index (χ4n) is 4.52. The van der Waals surface area contributed by atoms with Crippen LogP contribution in [0.25, 0.3) is 21.7 Å². The van der Waals surface area contributed by atoms with Crippen LogP contribution in [0, 0.1) is 5.82 Å². The maximum absolute atomic E-state index is 13.3. The molecular weight excluding hydrogens is 399 g/mol. The molecule has 5 rings (SSSR count). The Labute approximate surface area is 177 Å². The van der Waals surface area contributed by atoms with Gasteiger partial charge in [-0.3, -0.25) is 9.78 Å². The number of phenolic OH excluding ortho intramolecular Hbond substituents is 1. The predicted octanol–water partition coefficient (Wildman–Crippen LogP) is 4.07. The van der Waals surface area contributed by atoms with E-state index in [2.05, 4.69) is 4.98 Å². The SMILES string of the molecule is COC(=O)C1(c2c3cc(Cc4ccc(F)cc4)cnc3c(O)c3c(O)n(C)cc23)CC1. The van der Waals surface area contributed by atoms with Crippen LogP contribution >= 0.6 is 0 Å². The zero-order chi connectivity index (χ0) is 21.9. The van der Waals surface area contributed by atoms with E-state index in [1.165, 1.54) is 23.8 Å². The highest BCUT2D eigenvalue weighted by molar-refractivity contribution is 6.12. The fraction of sp³-hybridized carbons (Fsp3) is 0.250. The molecule has 0 amide bonds. The average molecular weight is 420 g/mol. The van der Waals surface area contributed by atoms with Gasteiger partial charge >= 0.3 is 5.97 Å². The number of benzene rings is 2. The molecule has 2 aromatic heterocycles. The highest BCUT2D eigenvalue weighted by Crippen LogP contribution is 2.56. The van der Waals surface area contributed by atoms with Gasteiger partial charge in [0, 0.05) is 30.2 Å². The zero-order valence-corrected chi connectivity index (χ0v) is 17.1. The van der Waals surface area contributed by atoms with Crippen molar-refractivity contribution >= 4 is 27.6 Å². The van der Waals surface area contributed by atoms with E-state index in [4.69, 9.17) is 4.74 Å². The molecule has 31 heavy (non-hydrogen) atoms. The largest absolute Gasteiger partial charge is 0.505 e. The molecule has 7 heteroatoms. The molecule has 158 valence electrons. The summed E-state index contributed by atoms with van der Waals surface area (Å²) in [5, 5.41) is 23.0. The minimum absolute atomic E-state index is 0.0893. The first kappa shape index (κ1) is 19.4. The lowest BCUT2D eigenvalue weighted by Crippen LogP contribution is -2.22. The van der Waals surface area contributed by atoms with E-state index in [0.717, 1.165) is 11.1 Å². The summed E-state index contributed by atoms with van der Waals surface area (Å²) < 4.78 is 19.9. The number of esters is 1. The first-order valence-corrected chi connectivity index (χ1v) is 10.0. The number of carbonyl (C=O) groups is 1. The van der Waals surface area contributed by atoms with Gasteiger partial charge in [-0.05, 0) is 54.2 Å². The summed E-state index contributed by atoms with van der Waals surface area (Å²) in [5.41, 5.74) is 1.98. The molecule has 0 atom stereocenters. The lowest BCUT2D eigenvalue weighted by molar-refractivity contribution is -0.143. The molecule has 2 N–H and O–H groups in total. The number of phenols is 1. The first-order chi connectivity index (χ1) is 14.9. The molecule has 1 aliphatic carbocycles. The Bertz CT molecular complexity index is 1350. The zero-order valence-electron chi connectivity index (χ0n) is 17.1. The van der Waals surface area contributed by atoms with Crippen LogP contribution in [-0.2, 0) is 28.4 Å². The number of hydrogen-bond acceptors (Lipinski definition) is 5. The summed E-state index contributed by atoms with van der Waals surface area (Å²) in [6.45, 7) is 0. The topological polar surface area (TPSA) is 84.6 Å². The maximum atomic E-state index is 13.3. The van der Waals surface area contributed by atoms with E-state index in [1.807, 2.05) is 6.07 Å². The molecule has 1 aliphatic rings. The Morgan fingerprint density at radius 3 is 2.55 bits per heavy atom. The van der Waals surface area contributed by atoms with Crippen LogP contribution in [0.5, 0.6) is 11.6 Å². The van der Waals surface area contributed by atoms with Crippen LogP contribution in [-0.4, -0.2) is 32.8 Å². The van der Waals surface area contributed by atoms with Crippen molar-refractivity contribution in [1.29, 1.82) is 0 Å². The van der Waals surface area contributed by atoms with Gasteiger partial charge < -0.3 is 19.5 Å². The Hall–Kier alpha value is -3.61. The molecule has 6 nitrogen and oxygen atoms in total. The third-order valence-corrected chi connectivity index (χ3v) is 6.22. The molecule has 0 aliphatic heterocycles. The maximum Gasteiger partial charge on any atom is 0.316 e. The van der Waals surface area contributed by atoms with Crippen LogP contribution < -0.4 is 0 Å². The van der Waals surface area contributed by atoms with Gasteiger partial charge in [0.2, 0.25) is 5.88 Å². The third kappa shape index (κ3) is 2.84. The Kier molecular flexibility index (Phi) is 4.18. The summed E-state index contributed by atoms with van der Waals surface area (Å²) in [4.78, 5) is 17.2. The molecule has 4 aromatic rings. The molecule has 1 saturated carbocycles. The van der Waals surface area contributed by atoms with Gasteiger partial charge in [0.25, 0.3) is 0 Å². The highest BCUT2D eigenvalue weighted by atomic mass is 19.1. The number of ether oxygens (including phenoxy) is 1. The van der Waals surface area contributed by atoms with Crippen molar-refractivity contribution in [2.24, 2.45) is 7.05 Å². The van der Waals surface area contributed by atoms with Crippen molar-refractivity contribution in [3.8, 4) is 11.6 Å². The second-order valence-electron chi connectivity index (χ2n) is 8.19. The monoisotopic (exact) mass is 420 g/mol. The average Bonchev–Trinajstić information content (AvgIpc) is 3.50. The second kappa shape index (κ2) is 6.70. The Morgan fingerprint density at radius 2 is 1.90 bits per heavy atom. The molecule has 0 saturated heterocycles. The predicted molar refractivity (Wildman–Crippen MR) is 114 cm³/mol. The van der Waals surface area contributed by atoms with Crippen LogP contribution in [0.2, 0.25) is 0 Å². The van der Waals surface area contributed by atoms with Crippen molar-refractivity contribution in [2.75, 3.05) is 7.11 Å². The molecule has 0 radical (unpaired) electrons. The Morgan fingerprint density at radius 1 is 1.19 bits per heavy atom. The highest BCUT2D eigenvalue weighted by Gasteiger charge is 2.54. The van der Waals surface area contributed by atoms with Gasteiger partial charge in [0.15, 0.2) is 5.75 Å². The number of nitrogens with zero attached hydrogens (tertiary/aromatic N) is 2. The molecule has 2 heterocycles. The van der Waals surface area contributed by atoms with Crippen LogP contribution in [0.1, 0.15) is 29.5 Å². The van der Waals surface area contributed by atoms with Crippen molar-refractivity contribution in [3.63, 3.8) is 0 Å². The molecule has 0 unspecified atom stereocenters. The van der Waals surface area contributed by atoms with E-state index in [1.54, 1.807) is 31.6 Å². The van der Waals surface area contributed by atoms with Gasteiger partial charge in [0.05, 0.1) is 17.9 Å². The van der Waals surface area contributed by atoms with E-state index < -0.39 is 5.41 Å². The molecule has 1 fully saturated rings. The smallest absolute Gasteiger partial charge is 0.316 e. The molecule has 2 aromatic carbocycles. The summed E-state index contributed by atoms with van der Waals surface area (Å²) in [5.74, 6) is -0.852. The number of aromatic nitrogens is 2. The number of fused-ring (bicyclic) bond motifs is 2. The summed E-state index contributed by atoms with van der Waals surface area (Å²) in [6.07, 6.45) is 5.12. The lowest BCUT2D eigenvalue weighted by atomic mass is 9.87. The number of pyridine rings is 1. The van der Waals surface area contributed by atoms with Gasteiger partial charge in [-0.25, -0.2) is 4.39 Å². The van der Waals surface area contributed by atoms with E-state index in [0.29, 0.717) is 41.1 Å². The van der Waals surface area contributed by atoms with Gasteiger partial charge in [-0.15, -0.1) is 0 Å². The Balaban J connectivity index is 1.79. The van der Waals surface area contributed by atoms with Crippen LogP contribution in [0.3, 0.4) is 0 Å². The quantitative estimate of drug-likeness (QED) is 0.486. The molecule has 0 bridgehead atoms. The van der Waals surface area contributed by atoms with Crippen molar-refractivity contribution < 1.29 is 24.1 Å². The summed E-state index contributed by atoms with van der Waals surface area (Å²) >= 11 is 0. The van der Waals surface area contributed by atoms with Gasteiger partial charge in [-0.1, -0.05) is 12.1 Å². The number of hydrogen-bond donors (Lipinski definition) is 2. The van der Waals surface area contributed by atoms with E-state index in [9.17, 15) is 19.4 Å². The lowest BCUT2D eigenvalue weighted by Gasteiger charge is -2.18. The summed E-state index contributed by atoms with van der Waals surface area (Å²) in [7, 11) is 3.04. The third-order valence-electron chi connectivity index (χ3n) is 6.22. The molecule has 0 spiro atoms. The van der Waals surface area contributed by atoms with E-state index >= 15 is 0 Å². The van der Waals surface area contributed by atoms with Crippen LogP contribution in [0.15, 0.2) is 42.7 Å². The first-order valence-electron chi connectivity index (χ1n) is 10.0. The number of halogens is 1. The van der Waals surface area contributed by atoms with Gasteiger partial charge in [0.1, 0.15) is 11.3 Å². The fourth-order valence-corrected chi connectivity index (χ4v) is 4.52. The number of rotatable bonds is 4. The standard InChI is InChI=1S/C24H21FN2O4/c1-27-12-17-18(22(27)29)21(28)20-16(19(17)24(7-8-24)23(30)31-2)10-14(11-26-20)9-13-3-5-15(25)6-4-13/h3-6,10-12,28-29H,7-9H2,1-2H3. The summed E-state index contributed by atoms with van der Waals surface area (Å²) in [6, 6.07) is 8.16. The number of aromatic hydroxyl groups is 2. The number of aryl methyl sites for hydroxylation is 1. The number of carbonyl (C=O) groups excluding carboxylic acids is 1.